The first-order valence-corrected chi connectivity index (χ1v) is 6.06. The lowest BCUT2D eigenvalue weighted by atomic mass is 10.1. The summed E-state index contributed by atoms with van der Waals surface area (Å²) < 4.78 is 38.3. The molecule has 0 aliphatic rings. The van der Waals surface area contributed by atoms with E-state index in [1.54, 1.807) is 18.2 Å². The summed E-state index contributed by atoms with van der Waals surface area (Å²) in [6.07, 6.45) is -4.94. The summed E-state index contributed by atoms with van der Waals surface area (Å²) >= 11 is 0. The Morgan fingerprint density at radius 1 is 0.913 bits per heavy atom. The van der Waals surface area contributed by atoms with Gasteiger partial charge in [-0.3, -0.25) is 20.2 Å². The highest BCUT2D eigenvalue weighted by atomic mass is 19.4. The van der Waals surface area contributed by atoms with E-state index in [1.165, 1.54) is 12.1 Å². The third-order valence-corrected chi connectivity index (χ3v) is 2.86. The lowest BCUT2D eigenvalue weighted by Gasteiger charge is -2.11. The van der Waals surface area contributed by atoms with E-state index in [9.17, 15) is 33.4 Å². The van der Waals surface area contributed by atoms with Gasteiger partial charge in [0.2, 0.25) is 0 Å². The van der Waals surface area contributed by atoms with Crippen LogP contribution in [0.25, 0.3) is 0 Å². The Kier molecular flexibility index (Phi) is 4.16. The standard InChI is InChI=1S/C13H8F3N3O4/c14-13(15,16)8-6-10(18(20)21)12(11(7-8)19(22)23)17-9-4-2-1-3-5-9/h1-7,17H. The fourth-order valence-corrected chi connectivity index (χ4v) is 1.86. The number of nitrogens with zero attached hydrogens (tertiary/aromatic N) is 2. The highest BCUT2D eigenvalue weighted by Crippen LogP contribution is 2.42. The molecular weight excluding hydrogens is 319 g/mol. The minimum atomic E-state index is -4.94. The van der Waals surface area contributed by atoms with E-state index in [4.69, 9.17) is 0 Å². The maximum Gasteiger partial charge on any atom is 0.416 e. The predicted molar refractivity (Wildman–Crippen MR) is 74.5 cm³/mol. The molecule has 0 atom stereocenters. The van der Waals surface area contributed by atoms with Gasteiger partial charge in [0.1, 0.15) is 0 Å². The number of hydrogen-bond donors (Lipinski definition) is 1. The van der Waals surface area contributed by atoms with Crippen LogP contribution in [0.3, 0.4) is 0 Å². The Morgan fingerprint density at radius 2 is 1.39 bits per heavy atom. The number of nitro groups is 2. The van der Waals surface area contributed by atoms with Crippen molar-refractivity contribution >= 4 is 22.7 Å². The average molecular weight is 327 g/mol. The van der Waals surface area contributed by atoms with Crippen LogP contribution in [0.15, 0.2) is 42.5 Å². The second kappa shape index (κ2) is 5.91. The van der Waals surface area contributed by atoms with Crippen LogP contribution in [0.1, 0.15) is 5.56 Å². The van der Waals surface area contributed by atoms with Crippen molar-refractivity contribution in [3.8, 4) is 0 Å². The highest BCUT2D eigenvalue weighted by Gasteiger charge is 2.37. The molecule has 0 aliphatic heterocycles. The van der Waals surface area contributed by atoms with Gasteiger partial charge in [0, 0.05) is 17.8 Å². The number of benzene rings is 2. The van der Waals surface area contributed by atoms with E-state index in [2.05, 4.69) is 5.32 Å². The summed E-state index contributed by atoms with van der Waals surface area (Å²) in [5, 5.41) is 24.5. The molecular formula is C13H8F3N3O4. The van der Waals surface area contributed by atoms with Crippen LogP contribution in [0, 0.1) is 20.2 Å². The molecule has 23 heavy (non-hydrogen) atoms. The first-order valence-electron chi connectivity index (χ1n) is 6.06. The molecule has 10 heteroatoms. The van der Waals surface area contributed by atoms with Gasteiger partial charge in [-0.05, 0) is 12.1 Å². The number of halogens is 3. The monoisotopic (exact) mass is 327 g/mol. The molecule has 0 saturated heterocycles. The van der Waals surface area contributed by atoms with Crippen molar-refractivity contribution in [2.24, 2.45) is 0 Å². The second-order valence-electron chi connectivity index (χ2n) is 4.39. The van der Waals surface area contributed by atoms with Crippen molar-refractivity contribution in [1.82, 2.24) is 0 Å². The maximum atomic E-state index is 12.8. The molecule has 7 nitrogen and oxygen atoms in total. The predicted octanol–water partition coefficient (Wildman–Crippen LogP) is 4.27. The lowest BCUT2D eigenvalue weighted by Crippen LogP contribution is -2.09. The molecule has 120 valence electrons. The Hall–Kier alpha value is -3.17. The van der Waals surface area contributed by atoms with Crippen molar-refractivity contribution in [3.63, 3.8) is 0 Å². The molecule has 0 heterocycles. The normalized spacial score (nSPS) is 11.1. The molecule has 2 rings (SSSR count). The Balaban J connectivity index is 2.67. The van der Waals surface area contributed by atoms with Crippen molar-refractivity contribution in [3.05, 3.63) is 68.3 Å². The number of hydrogen-bond acceptors (Lipinski definition) is 5. The average Bonchev–Trinajstić information content (AvgIpc) is 2.46. The molecule has 0 amide bonds. The van der Waals surface area contributed by atoms with E-state index in [-0.39, 0.29) is 17.8 Å². The molecule has 0 bridgehead atoms. The van der Waals surface area contributed by atoms with Gasteiger partial charge < -0.3 is 5.32 Å². The van der Waals surface area contributed by atoms with Crippen LogP contribution in [0.2, 0.25) is 0 Å². The van der Waals surface area contributed by atoms with E-state index in [1.807, 2.05) is 0 Å². The zero-order valence-corrected chi connectivity index (χ0v) is 11.2. The summed E-state index contributed by atoms with van der Waals surface area (Å²) in [7, 11) is 0. The number of para-hydroxylation sites is 1. The molecule has 2 aromatic carbocycles. The van der Waals surface area contributed by atoms with Crippen molar-refractivity contribution < 1.29 is 23.0 Å². The van der Waals surface area contributed by atoms with Gasteiger partial charge >= 0.3 is 6.18 Å². The minimum Gasteiger partial charge on any atom is -0.344 e. The Labute approximate surface area is 126 Å². The molecule has 1 N–H and O–H groups in total. The van der Waals surface area contributed by atoms with Crippen LogP contribution < -0.4 is 5.32 Å². The fourth-order valence-electron chi connectivity index (χ4n) is 1.86. The highest BCUT2D eigenvalue weighted by molar-refractivity contribution is 5.79. The van der Waals surface area contributed by atoms with E-state index >= 15 is 0 Å². The number of alkyl halides is 3. The minimum absolute atomic E-state index is 0.262. The number of nitro benzene ring substituents is 2. The van der Waals surface area contributed by atoms with Crippen LogP contribution >= 0.6 is 0 Å². The van der Waals surface area contributed by atoms with Crippen LogP contribution in [0.5, 0.6) is 0 Å². The lowest BCUT2D eigenvalue weighted by molar-refractivity contribution is -0.392. The zero-order chi connectivity index (χ0) is 17.2. The fraction of sp³-hybridized carbons (Fsp3) is 0.0769. The zero-order valence-electron chi connectivity index (χ0n) is 11.2. The third kappa shape index (κ3) is 3.54. The van der Waals surface area contributed by atoms with Gasteiger partial charge in [0.15, 0.2) is 5.69 Å². The first-order chi connectivity index (χ1) is 10.7. The van der Waals surface area contributed by atoms with Gasteiger partial charge in [-0.15, -0.1) is 0 Å². The van der Waals surface area contributed by atoms with E-state index in [0.29, 0.717) is 0 Å². The number of anilines is 2. The molecule has 0 saturated carbocycles. The summed E-state index contributed by atoms with van der Waals surface area (Å²) in [6.45, 7) is 0. The Bertz CT molecular complexity index is 728. The van der Waals surface area contributed by atoms with Gasteiger partial charge in [-0.25, -0.2) is 0 Å². The first kappa shape index (κ1) is 16.2. The molecule has 0 unspecified atom stereocenters. The van der Waals surface area contributed by atoms with Crippen LogP contribution in [0.4, 0.5) is 35.9 Å². The molecule has 0 aromatic heterocycles. The quantitative estimate of drug-likeness (QED) is 0.668. The summed E-state index contributed by atoms with van der Waals surface area (Å²) in [5.41, 5.74) is -3.88. The van der Waals surface area contributed by atoms with Crippen molar-refractivity contribution in [2.75, 3.05) is 5.32 Å². The second-order valence-corrected chi connectivity index (χ2v) is 4.39. The molecule has 0 radical (unpaired) electrons. The van der Waals surface area contributed by atoms with Gasteiger partial charge in [0.25, 0.3) is 11.4 Å². The molecule has 0 fully saturated rings. The maximum absolute atomic E-state index is 12.8. The van der Waals surface area contributed by atoms with E-state index < -0.39 is 38.6 Å². The van der Waals surface area contributed by atoms with Crippen molar-refractivity contribution in [2.45, 2.75) is 6.18 Å². The van der Waals surface area contributed by atoms with Gasteiger partial charge in [-0.2, -0.15) is 13.2 Å². The summed E-state index contributed by atoms with van der Waals surface area (Å²) in [6, 6.07) is 8.21. The summed E-state index contributed by atoms with van der Waals surface area (Å²) in [4.78, 5) is 19.9. The molecule has 2 aromatic rings. The molecule has 0 aliphatic carbocycles. The summed E-state index contributed by atoms with van der Waals surface area (Å²) in [5.74, 6) is 0. The largest absolute Gasteiger partial charge is 0.416 e. The van der Waals surface area contributed by atoms with Gasteiger partial charge in [0.05, 0.1) is 15.4 Å². The van der Waals surface area contributed by atoms with Gasteiger partial charge in [-0.1, -0.05) is 18.2 Å². The topological polar surface area (TPSA) is 98.3 Å². The van der Waals surface area contributed by atoms with Crippen LogP contribution in [-0.2, 0) is 6.18 Å². The molecule has 0 spiro atoms. The Morgan fingerprint density at radius 3 is 1.78 bits per heavy atom. The SMILES string of the molecule is O=[N+]([O-])c1cc(C(F)(F)F)cc([N+](=O)[O-])c1Nc1ccccc1. The smallest absolute Gasteiger partial charge is 0.344 e. The van der Waals surface area contributed by atoms with Crippen molar-refractivity contribution in [1.29, 1.82) is 0 Å². The number of nitrogens with one attached hydrogen (secondary N) is 1. The third-order valence-electron chi connectivity index (χ3n) is 2.86. The van der Waals surface area contributed by atoms with Crippen LogP contribution in [-0.4, -0.2) is 9.85 Å². The number of rotatable bonds is 4. The van der Waals surface area contributed by atoms with E-state index in [0.717, 1.165) is 0 Å².